The molecule has 0 saturated carbocycles. The molecule has 4 heterocycles. The Balaban J connectivity index is 1.50. The van der Waals surface area contributed by atoms with Crippen molar-refractivity contribution in [3.05, 3.63) is 41.8 Å². The number of aliphatic hydroxyl groups is 1. The van der Waals surface area contributed by atoms with Crippen molar-refractivity contribution in [2.45, 2.75) is 18.6 Å². The first kappa shape index (κ1) is 16.8. The zero-order valence-electron chi connectivity index (χ0n) is 14.8. The van der Waals surface area contributed by atoms with Gasteiger partial charge in [-0.25, -0.2) is 9.18 Å². The summed E-state index contributed by atoms with van der Waals surface area (Å²) in [6.45, 7) is -0.294. The lowest BCUT2D eigenvalue weighted by atomic mass is 9.99. The van der Waals surface area contributed by atoms with Gasteiger partial charge in [0.15, 0.2) is 0 Å². The number of hydrogen-bond donors (Lipinski definition) is 1. The van der Waals surface area contributed by atoms with Gasteiger partial charge in [0.05, 0.1) is 25.4 Å². The number of tetrazole rings is 1. The molecule has 2 aromatic heterocycles. The molecule has 2 atom stereocenters. The molecule has 9 nitrogen and oxygen atoms in total. The van der Waals surface area contributed by atoms with Gasteiger partial charge in [0.2, 0.25) is 5.82 Å². The number of aromatic nitrogens is 5. The van der Waals surface area contributed by atoms with E-state index in [0.29, 0.717) is 40.3 Å². The van der Waals surface area contributed by atoms with Crippen LogP contribution < -0.4 is 4.90 Å². The Labute approximate surface area is 158 Å². The van der Waals surface area contributed by atoms with E-state index >= 15 is 4.39 Å². The summed E-state index contributed by atoms with van der Waals surface area (Å²) in [6, 6.07) is 6.38. The van der Waals surface area contributed by atoms with Crippen molar-refractivity contribution in [3.8, 4) is 22.6 Å². The molecule has 2 aliphatic heterocycles. The number of rotatable bonds is 3. The lowest BCUT2D eigenvalue weighted by Gasteiger charge is -2.14. The zero-order chi connectivity index (χ0) is 19.4. The summed E-state index contributed by atoms with van der Waals surface area (Å²) >= 11 is 0. The van der Waals surface area contributed by atoms with Crippen LogP contribution >= 0.6 is 0 Å². The number of amides is 1. The van der Waals surface area contributed by atoms with E-state index in [9.17, 15) is 9.90 Å². The Morgan fingerprint density at radius 2 is 2.18 bits per heavy atom. The molecule has 5 rings (SSSR count). The van der Waals surface area contributed by atoms with Gasteiger partial charge < -0.3 is 9.84 Å². The molecule has 0 bridgehead atoms. The van der Waals surface area contributed by atoms with Crippen molar-refractivity contribution in [1.29, 1.82) is 0 Å². The maximum Gasteiger partial charge on any atom is 0.415 e. The molecule has 28 heavy (non-hydrogen) atoms. The Morgan fingerprint density at radius 3 is 2.86 bits per heavy atom. The second-order valence-electron chi connectivity index (χ2n) is 6.71. The van der Waals surface area contributed by atoms with E-state index in [1.165, 1.54) is 9.70 Å². The Hall–Kier alpha value is -3.40. The van der Waals surface area contributed by atoms with Gasteiger partial charge in [-0.1, -0.05) is 6.07 Å². The van der Waals surface area contributed by atoms with Crippen molar-refractivity contribution in [2.24, 2.45) is 7.05 Å². The summed E-state index contributed by atoms with van der Waals surface area (Å²) in [5, 5.41) is 21.2. The average molecular weight is 382 g/mol. The number of benzene rings is 1. The third-order valence-electron chi connectivity index (χ3n) is 5.09. The topological polar surface area (TPSA) is 106 Å². The molecular formula is C18H15FN6O3. The van der Waals surface area contributed by atoms with E-state index in [1.54, 1.807) is 37.5 Å². The van der Waals surface area contributed by atoms with Crippen LogP contribution in [0.5, 0.6) is 0 Å². The van der Waals surface area contributed by atoms with Gasteiger partial charge in [-0.2, -0.15) is 4.80 Å². The molecule has 1 fully saturated rings. The standard InChI is InChI=1S/C18H15FN6O3/c1-24-22-17(21-23-24)12-4-2-9(7-20-12)10-3-5-13-11(16(10)19)6-14-15(8-26)28-18(27)25(13)14/h2-5,7,14-15,26H,6,8H2,1H3. The zero-order valence-corrected chi connectivity index (χ0v) is 14.8. The van der Waals surface area contributed by atoms with E-state index < -0.39 is 18.0 Å². The van der Waals surface area contributed by atoms with Crippen molar-refractivity contribution in [3.63, 3.8) is 0 Å². The number of carbonyl (C=O) groups excluding carboxylic acids is 1. The number of nitrogens with zero attached hydrogens (tertiary/aromatic N) is 6. The fourth-order valence-electron chi connectivity index (χ4n) is 3.76. The SMILES string of the molecule is Cn1nnc(-c2ccc(-c3ccc4c(c3F)CC3C(CO)OC(=O)N43)cn2)n1. The molecule has 1 amide bonds. The van der Waals surface area contributed by atoms with Gasteiger partial charge in [0.25, 0.3) is 0 Å². The number of fused-ring (bicyclic) bond motifs is 3. The van der Waals surface area contributed by atoms with Gasteiger partial charge in [-0.3, -0.25) is 9.88 Å². The lowest BCUT2D eigenvalue weighted by molar-refractivity contribution is 0.0829. The van der Waals surface area contributed by atoms with Crippen LogP contribution in [0.1, 0.15) is 5.56 Å². The van der Waals surface area contributed by atoms with Crippen molar-refractivity contribution in [2.75, 3.05) is 11.5 Å². The Morgan fingerprint density at radius 1 is 1.32 bits per heavy atom. The molecule has 142 valence electrons. The smallest absolute Gasteiger partial charge is 0.415 e. The first-order valence-corrected chi connectivity index (χ1v) is 8.69. The number of pyridine rings is 1. The summed E-state index contributed by atoms with van der Waals surface area (Å²) in [4.78, 5) is 19.1. The minimum Gasteiger partial charge on any atom is -0.441 e. The quantitative estimate of drug-likeness (QED) is 0.728. The highest BCUT2D eigenvalue weighted by atomic mass is 19.1. The van der Waals surface area contributed by atoms with Crippen LogP contribution in [0.2, 0.25) is 0 Å². The highest BCUT2D eigenvalue weighted by Gasteiger charge is 2.48. The fourth-order valence-corrected chi connectivity index (χ4v) is 3.76. The van der Waals surface area contributed by atoms with E-state index in [2.05, 4.69) is 20.4 Å². The van der Waals surface area contributed by atoms with Crippen LogP contribution in [0.4, 0.5) is 14.9 Å². The molecule has 1 saturated heterocycles. The number of carbonyl (C=O) groups is 1. The lowest BCUT2D eigenvalue weighted by Crippen LogP contribution is -2.34. The number of hydrogen-bond acceptors (Lipinski definition) is 7. The van der Waals surface area contributed by atoms with Crippen LogP contribution in [0.25, 0.3) is 22.6 Å². The molecule has 0 radical (unpaired) electrons. The van der Waals surface area contributed by atoms with Crippen LogP contribution in [0.15, 0.2) is 30.5 Å². The van der Waals surface area contributed by atoms with Gasteiger partial charge in [-0.15, -0.1) is 10.2 Å². The van der Waals surface area contributed by atoms with E-state index in [0.717, 1.165) is 0 Å². The summed E-state index contributed by atoms with van der Waals surface area (Å²) in [5.41, 5.74) is 2.45. The average Bonchev–Trinajstić information content (AvgIpc) is 3.38. The third-order valence-corrected chi connectivity index (χ3v) is 5.09. The predicted molar refractivity (Wildman–Crippen MR) is 94.7 cm³/mol. The van der Waals surface area contributed by atoms with E-state index in [1.807, 2.05) is 0 Å². The molecular weight excluding hydrogens is 367 g/mol. The highest BCUT2D eigenvalue weighted by molar-refractivity contribution is 5.94. The van der Waals surface area contributed by atoms with Crippen LogP contribution in [0.3, 0.4) is 0 Å². The highest BCUT2D eigenvalue weighted by Crippen LogP contribution is 2.42. The first-order valence-electron chi connectivity index (χ1n) is 8.69. The molecule has 0 aliphatic carbocycles. The van der Waals surface area contributed by atoms with Gasteiger partial charge in [-0.05, 0) is 23.4 Å². The van der Waals surface area contributed by atoms with Crippen LogP contribution in [0, 0.1) is 5.82 Å². The van der Waals surface area contributed by atoms with Gasteiger partial charge >= 0.3 is 6.09 Å². The second kappa shape index (κ2) is 6.06. The minimum atomic E-state index is -0.650. The van der Waals surface area contributed by atoms with E-state index in [-0.39, 0.29) is 12.6 Å². The first-order chi connectivity index (χ1) is 13.6. The monoisotopic (exact) mass is 382 g/mol. The van der Waals surface area contributed by atoms with Crippen molar-refractivity contribution < 1.29 is 19.0 Å². The predicted octanol–water partition coefficient (Wildman–Crippen LogP) is 1.32. The normalized spacial score (nSPS) is 20.2. The molecule has 10 heteroatoms. The van der Waals surface area contributed by atoms with Crippen LogP contribution in [-0.4, -0.2) is 55.1 Å². The molecule has 2 aliphatic rings. The van der Waals surface area contributed by atoms with E-state index in [4.69, 9.17) is 4.74 Å². The van der Waals surface area contributed by atoms with Gasteiger partial charge in [0, 0.05) is 29.3 Å². The number of anilines is 1. The molecule has 1 aromatic carbocycles. The Kier molecular flexibility index (Phi) is 3.63. The van der Waals surface area contributed by atoms with Crippen molar-refractivity contribution in [1.82, 2.24) is 25.2 Å². The summed E-state index contributed by atoms with van der Waals surface area (Å²) < 4.78 is 20.4. The number of aliphatic hydroxyl groups excluding tert-OH is 1. The van der Waals surface area contributed by atoms with Gasteiger partial charge in [0.1, 0.15) is 17.6 Å². The molecule has 2 unspecified atom stereocenters. The second-order valence-corrected chi connectivity index (χ2v) is 6.71. The Bertz CT molecular complexity index is 1080. The minimum absolute atomic E-state index is 0.293. The largest absolute Gasteiger partial charge is 0.441 e. The number of cyclic esters (lactones) is 1. The van der Waals surface area contributed by atoms with Crippen LogP contribution in [-0.2, 0) is 18.2 Å². The summed E-state index contributed by atoms with van der Waals surface area (Å²) in [7, 11) is 1.66. The maximum atomic E-state index is 15.2. The molecule has 3 aromatic rings. The summed E-state index contributed by atoms with van der Waals surface area (Å²) in [5.74, 6) is -0.0128. The molecule has 1 N–H and O–H groups in total. The fraction of sp³-hybridized carbons (Fsp3) is 0.278. The third kappa shape index (κ3) is 2.38. The number of ether oxygens (including phenoxy) is 1. The summed E-state index contributed by atoms with van der Waals surface area (Å²) in [6.07, 6.45) is 0.638. The maximum absolute atomic E-state index is 15.2. The number of halogens is 1. The van der Waals surface area contributed by atoms with Crippen molar-refractivity contribution >= 4 is 11.8 Å². The molecule has 0 spiro atoms. The number of aryl methyl sites for hydroxylation is 1.